The molecule has 0 saturated carbocycles. The Kier molecular flexibility index (Phi) is 8.17. The Bertz CT molecular complexity index is 3520. The van der Waals surface area contributed by atoms with E-state index in [2.05, 4.69) is 234 Å². The topological polar surface area (TPSA) is 21.3 Å². The van der Waals surface area contributed by atoms with Crippen LogP contribution in [0.1, 0.15) is 0 Å². The largest absolute Gasteiger partial charge is 0.455 e. The molecule has 2 heterocycles. The van der Waals surface area contributed by atoms with Crippen molar-refractivity contribution < 1.29 is 4.42 Å². The maximum Gasteiger partial charge on any atom is 0.143 e. The summed E-state index contributed by atoms with van der Waals surface area (Å²) in [7, 11) is 0. The Labute approximate surface area is 353 Å². The van der Waals surface area contributed by atoms with Crippen LogP contribution in [0.2, 0.25) is 0 Å². The van der Waals surface area contributed by atoms with E-state index in [1.54, 1.807) is 0 Å². The van der Waals surface area contributed by atoms with Crippen LogP contribution in [0.3, 0.4) is 0 Å². The van der Waals surface area contributed by atoms with Crippen molar-refractivity contribution in [3.8, 4) is 39.1 Å². The third kappa shape index (κ3) is 5.98. The molecule has 0 aliphatic carbocycles. The van der Waals surface area contributed by atoms with Crippen molar-refractivity contribution in [2.75, 3.05) is 4.90 Å². The van der Waals surface area contributed by atoms with E-state index in [1.807, 2.05) is 6.07 Å². The lowest BCUT2D eigenvalue weighted by Crippen LogP contribution is -2.10. The molecule has 0 fully saturated rings. The molecule has 0 saturated heterocycles. The zero-order valence-electron chi connectivity index (χ0n) is 33.2. The number of benzene rings is 10. The molecule has 286 valence electrons. The Hall–Kier alpha value is -8.14. The van der Waals surface area contributed by atoms with E-state index in [0.29, 0.717) is 0 Å². The summed E-state index contributed by atoms with van der Waals surface area (Å²) < 4.78 is 9.17. The van der Waals surface area contributed by atoms with Crippen molar-refractivity contribution in [3.05, 3.63) is 231 Å². The Balaban J connectivity index is 1.05. The summed E-state index contributed by atoms with van der Waals surface area (Å²) in [6.45, 7) is 0. The highest BCUT2D eigenvalue weighted by Gasteiger charge is 2.21. The number of furan rings is 1. The SMILES string of the molecule is c1ccc(-c2ccc(N(c3ccc(-c4ccc5ccccc5c4)cc3)c3cc(-c4cccc(-n5c6ccccc6c6ccccc65)c4)c4oc5ccccc5c4c3)cc2)cc1. The highest BCUT2D eigenvalue weighted by Crippen LogP contribution is 2.45. The fourth-order valence-electron chi connectivity index (χ4n) is 9.22. The molecule has 0 bridgehead atoms. The van der Waals surface area contributed by atoms with Gasteiger partial charge in [0.25, 0.3) is 0 Å². The molecular formula is C58H38N2O. The minimum atomic E-state index is 0.868. The molecule has 0 amide bonds. The van der Waals surface area contributed by atoms with Crippen molar-refractivity contribution >= 4 is 71.6 Å². The van der Waals surface area contributed by atoms with Crippen molar-refractivity contribution in [3.63, 3.8) is 0 Å². The molecule has 61 heavy (non-hydrogen) atoms. The molecule has 0 spiro atoms. The van der Waals surface area contributed by atoms with E-state index >= 15 is 0 Å². The third-order valence-electron chi connectivity index (χ3n) is 12.2. The maximum absolute atomic E-state index is 6.79. The zero-order valence-corrected chi connectivity index (χ0v) is 33.2. The first-order chi connectivity index (χ1) is 30.2. The van der Waals surface area contributed by atoms with E-state index < -0.39 is 0 Å². The summed E-state index contributed by atoms with van der Waals surface area (Å²) in [5.41, 5.74) is 15.2. The second-order valence-electron chi connectivity index (χ2n) is 15.7. The number of rotatable bonds is 7. The number of nitrogens with zero attached hydrogens (tertiary/aromatic N) is 2. The monoisotopic (exact) mass is 778 g/mol. The number of hydrogen-bond donors (Lipinski definition) is 0. The smallest absolute Gasteiger partial charge is 0.143 e. The van der Waals surface area contributed by atoms with Gasteiger partial charge in [0.15, 0.2) is 0 Å². The normalized spacial score (nSPS) is 11.6. The van der Waals surface area contributed by atoms with Crippen LogP contribution in [0.4, 0.5) is 17.1 Å². The van der Waals surface area contributed by atoms with Crippen molar-refractivity contribution in [1.29, 1.82) is 0 Å². The van der Waals surface area contributed by atoms with Crippen LogP contribution in [0.15, 0.2) is 235 Å². The predicted molar refractivity (Wildman–Crippen MR) is 257 cm³/mol. The lowest BCUT2D eigenvalue weighted by molar-refractivity contribution is 0.670. The average Bonchev–Trinajstić information content (AvgIpc) is 3.88. The molecule has 3 heteroatoms. The number of aromatic nitrogens is 1. The Morgan fingerprint density at radius 3 is 1.61 bits per heavy atom. The highest BCUT2D eigenvalue weighted by atomic mass is 16.3. The summed E-state index contributed by atoms with van der Waals surface area (Å²) in [5, 5.41) is 7.12. The zero-order chi connectivity index (χ0) is 40.3. The molecule has 0 aliphatic rings. The van der Waals surface area contributed by atoms with Crippen molar-refractivity contribution in [2.24, 2.45) is 0 Å². The van der Waals surface area contributed by atoms with Crippen molar-refractivity contribution in [2.45, 2.75) is 0 Å². The second-order valence-corrected chi connectivity index (χ2v) is 15.7. The minimum Gasteiger partial charge on any atom is -0.455 e. The second kappa shape index (κ2) is 14.3. The summed E-state index contributed by atoms with van der Waals surface area (Å²) in [4.78, 5) is 2.38. The summed E-state index contributed by atoms with van der Waals surface area (Å²) >= 11 is 0. The number of anilines is 3. The van der Waals surface area contributed by atoms with Gasteiger partial charge in [-0.15, -0.1) is 0 Å². The molecule has 0 atom stereocenters. The summed E-state index contributed by atoms with van der Waals surface area (Å²) in [6.07, 6.45) is 0. The molecule has 10 aromatic carbocycles. The predicted octanol–water partition coefficient (Wildman–Crippen LogP) is 16.3. The van der Waals surface area contributed by atoms with Gasteiger partial charge >= 0.3 is 0 Å². The molecule has 12 rings (SSSR count). The van der Waals surface area contributed by atoms with E-state index in [1.165, 1.54) is 54.8 Å². The molecule has 0 unspecified atom stereocenters. The van der Waals surface area contributed by atoms with Gasteiger partial charge in [-0.2, -0.15) is 0 Å². The van der Waals surface area contributed by atoms with Crippen LogP contribution in [0.5, 0.6) is 0 Å². The fraction of sp³-hybridized carbons (Fsp3) is 0. The minimum absolute atomic E-state index is 0.868. The van der Waals surface area contributed by atoms with Gasteiger partial charge in [-0.05, 0) is 111 Å². The van der Waals surface area contributed by atoms with Crippen molar-refractivity contribution in [1.82, 2.24) is 4.57 Å². The summed E-state index contributed by atoms with van der Waals surface area (Å²) in [6, 6.07) is 82.9. The number of hydrogen-bond acceptors (Lipinski definition) is 2. The van der Waals surface area contributed by atoms with Crippen LogP contribution < -0.4 is 4.90 Å². The molecule has 0 radical (unpaired) electrons. The van der Waals surface area contributed by atoms with E-state index in [4.69, 9.17) is 4.42 Å². The van der Waals surface area contributed by atoms with Gasteiger partial charge in [0.05, 0.1) is 11.0 Å². The van der Waals surface area contributed by atoms with Crippen LogP contribution in [-0.4, -0.2) is 4.57 Å². The van der Waals surface area contributed by atoms with Crippen LogP contribution in [0.25, 0.3) is 93.6 Å². The van der Waals surface area contributed by atoms with Gasteiger partial charge in [-0.25, -0.2) is 0 Å². The van der Waals surface area contributed by atoms with E-state index in [-0.39, 0.29) is 0 Å². The lowest BCUT2D eigenvalue weighted by atomic mass is 9.98. The van der Waals surface area contributed by atoms with Gasteiger partial charge in [0, 0.05) is 49.9 Å². The molecule has 2 aromatic heterocycles. The molecule has 3 nitrogen and oxygen atoms in total. The molecule has 12 aromatic rings. The third-order valence-corrected chi connectivity index (χ3v) is 12.2. The van der Waals surface area contributed by atoms with Gasteiger partial charge in [0.1, 0.15) is 11.2 Å². The van der Waals surface area contributed by atoms with Gasteiger partial charge < -0.3 is 13.9 Å². The average molecular weight is 779 g/mol. The van der Waals surface area contributed by atoms with E-state index in [9.17, 15) is 0 Å². The molecule has 0 aliphatic heterocycles. The lowest BCUT2D eigenvalue weighted by Gasteiger charge is -2.27. The number of para-hydroxylation sites is 3. The summed E-state index contributed by atoms with van der Waals surface area (Å²) in [5.74, 6) is 0. The first-order valence-corrected chi connectivity index (χ1v) is 20.8. The first kappa shape index (κ1) is 34.9. The number of fused-ring (bicyclic) bond motifs is 7. The van der Waals surface area contributed by atoms with Crippen LogP contribution in [-0.2, 0) is 0 Å². The van der Waals surface area contributed by atoms with Crippen LogP contribution in [0, 0.1) is 0 Å². The Morgan fingerprint density at radius 1 is 0.328 bits per heavy atom. The maximum atomic E-state index is 6.79. The highest BCUT2D eigenvalue weighted by molar-refractivity contribution is 6.12. The van der Waals surface area contributed by atoms with Gasteiger partial charge in [-0.3, -0.25) is 0 Å². The first-order valence-electron chi connectivity index (χ1n) is 20.8. The van der Waals surface area contributed by atoms with Gasteiger partial charge in [0.2, 0.25) is 0 Å². The molecular weight excluding hydrogens is 741 g/mol. The Morgan fingerprint density at radius 2 is 0.885 bits per heavy atom. The standard InChI is InChI=1S/C58H38N2O/c1-2-13-39(14-3-1)41-27-31-46(32-28-41)59(47-33-29-42(30-34-47)44-26-25-40-15-4-5-16-43(40)35-44)49-37-53(58-54(38-49)52-21-8-11-24-57(52)61-58)45-17-12-18-48(36-45)60-55-22-9-6-19-50(55)51-20-7-10-23-56(51)60/h1-38H. The molecule has 0 N–H and O–H groups in total. The van der Waals surface area contributed by atoms with Crippen LogP contribution >= 0.6 is 0 Å². The quantitative estimate of drug-likeness (QED) is 0.161. The fourth-order valence-corrected chi connectivity index (χ4v) is 9.22. The van der Waals surface area contributed by atoms with Gasteiger partial charge in [-0.1, -0.05) is 158 Å². The van der Waals surface area contributed by atoms with E-state index in [0.717, 1.165) is 55.8 Å².